The van der Waals surface area contributed by atoms with Gasteiger partial charge in [0, 0.05) is 32.7 Å². The lowest BCUT2D eigenvalue weighted by molar-refractivity contribution is -0.134. The quantitative estimate of drug-likeness (QED) is 0.798. The molecule has 3 rings (SSSR count). The predicted octanol–water partition coefficient (Wildman–Crippen LogP) is 0.626. The molecule has 0 bridgehead atoms. The van der Waals surface area contributed by atoms with E-state index in [0.29, 0.717) is 19.0 Å². The second-order valence-corrected chi connectivity index (χ2v) is 6.84. The smallest absolute Gasteiger partial charge is 0.236 e. The summed E-state index contributed by atoms with van der Waals surface area (Å²) in [6, 6.07) is 3.89. The van der Waals surface area contributed by atoms with Gasteiger partial charge in [0.05, 0.1) is 25.5 Å². The van der Waals surface area contributed by atoms with E-state index in [1.54, 1.807) is 6.26 Å². The van der Waals surface area contributed by atoms with Crippen LogP contribution < -0.4 is 0 Å². The first-order valence-corrected chi connectivity index (χ1v) is 8.51. The second-order valence-electron chi connectivity index (χ2n) is 6.84. The van der Waals surface area contributed by atoms with E-state index in [9.17, 15) is 9.90 Å². The molecular weight excluding hydrogens is 294 g/mol. The van der Waals surface area contributed by atoms with Gasteiger partial charge in [-0.1, -0.05) is 0 Å². The lowest BCUT2D eigenvalue weighted by Crippen LogP contribution is -2.51. The molecular formula is C17H27N3O3. The SMILES string of the molecule is CN(CC(=O)N1CCN(Cc2ccco2)CC1)CC(O)C1CC1. The average Bonchev–Trinajstić information content (AvgIpc) is 3.26. The third-order valence-corrected chi connectivity index (χ3v) is 4.75. The summed E-state index contributed by atoms with van der Waals surface area (Å²) >= 11 is 0. The molecule has 1 amide bonds. The summed E-state index contributed by atoms with van der Waals surface area (Å²) < 4.78 is 5.37. The third-order valence-electron chi connectivity index (χ3n) is 4.75. The molecule has 1 N–H and O–H groups in total. The zero-order valence-electron chi connectivity index (χ0n) is 13.9. The van der Waals surface area contributed by atoms with Crippen molar-refractivity contribution in [3.8, 4) is 0 Å². The summed E-state index contributed by atoms with van der Waals surface area (Å²) in [5, 5.41) is 9.96. The highest BCUT2D eigenvalue weighted by Gasteiger charge is 2.31. The minimum atomic E-state index is -0.280. The first kappa shape index (κ1) is 16.5. The molecule has 1 atom stereocenters. The van der Waals surface area contributed by atoms with Crippen molar-refractivity contribution in [2.24, 2.45) is 5.92 Å². The monoisotopic (exact) mass is 321 g/mol. The number of furan rings is 1. The van der Waals surface area contributed by atoms with Gasteiger partial charge in [0.15, 0.2) is 0 Å². The summed E-state index contributed by atoms with van der Waals surface area (Å²) in [6.07, 6.45) is 3.67. The van der Waals surface area contributed by atoms with Crippen molar-refractivity contribution < 1.29 is 14.3 Å². The van der Waals surface area contributed by atoms with Gasteiger partial charge in [0.1, 0.15) is 5.76 Å². The number of carbonyl (C=O) groups excluding carboxylic acids is 1. The van der Waals surface area contributed by atoms with Gasteiger partial charge in [-0.25, -0.2) is 0 Å². The molecule has 0 aromatic carbocycles. The number of aliphatic hydroxyl groups is 1. The van der Waals surface area contributed by atoms with Gasteiger partial charge in [0.25, 0.3) is 0 Å². The molecule has 2 fully saturated rings. The van der Waals surface area contributed by atoms with Crippen molar-refractivity contribution in [2.75, 3.05) is 46.3 Å². The largest absolute Gasteiger partial charge is 0.468 e. The summed E-state index contributed by atoms with van der Waals surface area (Å²) in [7, 11) is 1.91. The minimum Gasteiger partial charge on any atom is -0.468 e. The first-order chi connectivity index (χ1) is 11.1. The van der Waals surface area contributed by atoms with E-state index < -0.39 is 0 Å². The average molecular weight is 321 g/mol. The fourth-order valence-electron chi connectivity index (χ4n) is 3.12. The molecule has 2 heterocycles. The zero-order chi connectivity index (χ0) is 16.2. The van der Waals surface area contributed by atoms with E-state index in [0.717, 1.165) is 51.3 Å². The van der Waals surface area contributed by atoms with Crippen LogP contribution in [0.25, 0.3) is 0 Å². The highest BCUT2D eigenvalue weighted by Crippen LogP contribution is 2.32. The van der Waals surface area contributed by atoms with Crippen LogP contribution in [-0.4, -0.2) is 78.1 Å². The van der Waals surface area contributed by atoms with Crippen LogP contribution in [0.1, 0.15) is 18.6 Å². The lowest BCUT2D eigenvalue weighted by atomic mass is 10.2. The maximum absolute atomic E-state index is 12.4. The zero-order valence-corrected chi connectivity index (χ0v) is 13.9. The van der Waals surface area contributed by atoms with Crippen LogP contribution in [0.4, 0.5) is 0 Å². The van der Waals surface area contributed by atoms with Gasteiger partial charge in [-0.3, -0.25) is 14.6 Å². The predicted molar refractivity (Wildman–Crippen MR) is 86.8 cm³/mol. The molecule has 1 saturated carbocycles. The Morgan fingerprint density at radius 3 is 2.74 bits per heavy atom. The standard InChI is InChI=1S/C17H27N3O3/c1-18(12-16(21)14-4-5-14)13-17(22)20-8-6-19(7-9-20)11-15-3-2-10-23-15/h2-3,10,14,16,21H,4-9,11-13H2,1H3. The van der Waals surface area contributed by atoms with Gasteiger partial charge in [-0.05, 0) is 37.9 Å². The van der Waals surface area contributed by atoms with Crippen LogP contribution in [0.3, 0.4) is 0 Å². The molecule has 128 valence electrons. The second kappa shape index (κ2) is 7.47. The Morgan fingerprint density at radius 1 is 1.39 bits per heavy atom. The van der Waals surface area contributed by atoms with E-state index >= 15 is 0 Å². The molecule has 1 saturated heterocycles. The van der Waals surface area contributed by atoms with Gasteiger partial charge < -0.3 is 14.4 Å². The van der Waals surface area contributed by atoms with Gasteiger partial charge in [-0.2, -0.15) is 0 Å². The van der Waals surface area contributed by atoms with Crippen LogP contribution in [0.5, 0.6) is 0 Å². The van der Waals surface area contributed by atoms with E-state index in [1.165, 1.54) is 0 Å². The van der Waals surface area contributed by atoms with E-state index in [-0.39, 0.29) is 12.0 Å². The van der Waals surface area contributed by atoms with Crippen molar-refractivity contribution >= 4 is 5.91 Å². The molecule has 0 spiro atoms. The maximum Gasteiger partial charge on any atom is 0.236 e. The van der Waals surface area contributed by atoms with E-state index in [2.05, 4.69) is 4.90 Å². The summed E-state index contributed by atoms with van der Waals surface area (Å²) in [6.45, 7) is 5.07. The minimum absolute atomic E-state index is 0.160. The van der Waals surface area contributed by atoms with Crippen molar-refractivity contribution in [3.05, 3.63) is 24.2 Å². The number of nitrogens with zero attached hydrogens (tertiary/aromatic N) is 3. The fraction of sp³-hybridized carbons (Fsp3) is 0.706. The number of amides is 1. The number of hydrogen-bond donors (Lipinski definition) is 1. The Kier molecular flexibility index (Phi) is 5.35. The van der Waals surface area contributed by atoms with Crippen LogP contribution in [0.15, 0.2) is 22.8 Å². The van der Waals surface area contributed by atoms with Crippen LogP contribution >= 0.6 is 0 Å². The molecule has 6 heteroatoms. The molecule has 1 unspecified atom stereocenters. The van der Waals surface area contributed by atoms with Gasteiger partial charge in [-0.15, -0.1) is 0 Å². The van der Waals surface area contributed by atoms with E-state index in [1.807, 2.05) is 29.0 Å². The molecule has 1 aromatic rings. The van der Waals surface area contributed by atoms with Crippen LogP contribution in [-0.2, 0) is 11.3 Å². The Bertz CT molecular complexity index is 493. The fourth-order valence-corrected chi connectivity index (χ4v) is 3.12. The van der Waals surface area contributed by atoms with Crippen LogP contribution in [0.2, 0.25) is 0 Å². The summed E-state index contributed by atoms with van der Waals surface area (Å²) in [4.78, 5) is 18.5. The Morgan fingerprint density at radius 2 is 2.13 bits per heavy atom. The van der Waals surface area contributed by atoms with Crippen molar-refractivity contribution in [3.63, 3.8) is 0 Å². The number of rotatable bonds is 7. The first-order valence-electron chi connectivity index (χ1n) is 8.51. The van der Waals surface area contributed by atoms with Crippen molar-refractivity contribution in [1.82, 2.24) is 14.7 Å². The van der Waals surface area contributed by atoms with Crippen molar-refractivity contribution in [2.45, 2.75) is 25.5 Å². The topological polar surface area (TPSA) is 60.2 Å². The maximum atomic E-state index is 12.4. The third kappa shape index (κ3) is 4.80. The molecule has 0 radical (unpaired) electrons. The highest BCUT2D eigenvalue weighted by molar-refractivity contribution is 5.78. The number of carbonyl (C=O) groups is 1. The number of likely N-dealkylation sites (N-methyl/N-ethyl adjacent to an activating group) is 1. The summed E-state index contributed by atoms with van der Waals surface area (Å²) in [5.74, 6) is 1.59. The molecule has 1 aliphatic heterocycles. The number of piperazine rings is 1. The van der Waals surface area contributed by atoms with Gasteiger partial charge >= 0.3 is 0 Å². The lowest BCUT2D eigenvalue weighted by Gasteiger charge is -2.35. The van der Waals surface area contributed by atoms with Crippen LogP contribution in [0, 0.1) is 5.92 Å². The Hall–Kier alpha value is -1.37. The Labute approximate surface area is 137 Å². The molecule has 6 nitrogen and oxygen atoms in total. The van der Waals surface area contributed by atoms with Crippen molar-refractivity contribution in [1.29, 1.82) is 0 Å². The molecule has 1 aliphatic carbocycles. The molecule has 23 heavy (non-hydrogen) atoms. The highest BCUT2D eigenvalue weighted by atomic mass is 16.3. The molecule has 2 aliphatic rings. The normalized spacial score (nSPS) is 20.9. The van der Waals surface area contributed by atoms with Gasteiger partial charge in [0.2, 0.25) is 5.91 Å². The van der Waals surface area contributed by atoms with E-state index in [4.69, 9.17) is 4.42 Å². The number of aliphatic hydroxyl groups excluding tert-OH is 1. The summed E-state index contributed by atoms with van der Waals surface area (Å²) in [5.41, 5.74) is 0. The molecule has 1 aromatic heterocycles. The number of hydrogen-bond acceptors (Lipinski definition) is 5. The Balaban J connectivity index is 1.37.